The van der Waals surface area contributed by atoms with Crippen molar-refractivity contribution < 1.29 is 53.0 Å². The van der Waals surface area contributed by atoms with Gasteiger partial charge in [0.25, 0.3) is 10.0 Å². The minimum Gasteiger partial charge on any atom is -0.464 e. The van der Waals surface area contributed by atoms with Crippen molar-refractivity contribution in [3.63, 3.8) is 0 Å². The van der Waals surface area contributed by atoms with Crippen LogP contribution in [-0.2, 0) is 39.6 Å². The molecule has 0 unspecified atom stereocenters. The number of esters is 1. The van der Waals surface area contributed by atoms with Crippen molar-refractivity contribution in [3.8, 4) is 22.5 Å². The molecular weight excluding hydrogens is 983 g/mol. The third-order valence-corrected chi connectivity index (χ3v) is 19.0. The molecule has 18 heteroatoms. The van der Waals surface area contributed by atoms with Crippen LogP contribution in [-0.4, -0.2) is 59.8 Å². The predicted molar refractivity (Wildman–Crippen MR) is 280 cm³/mol. The minimum absolute atomic E-state index is 0.0982. The van der Waals surface area contributed by atoms with Gasteiger partial charge in [-0.05, 0) is 79.3 Å². The van der Waals surface area contributed by atoms with E-state index in [1.54, 1.807) is 57.2 Å². The molecule has 1 heterocycles. The topological polar surface area (TPSA) is 185 Å². The summed E-state index contributed by atoms with van der Waals surface area (Å²) in [5.74, 6) is 0.243. The van der Waals surface area contributed by atoms with Crippen molar-refractivity contribution in [2.24, 2.45) is 5.41 Å². The molecule has 0 saturated carbocycles. The molecule has 0 aromatic heterocycles. The fourth-order valence-corrected chi connectivity index (χ4v) is 13.4. The van der Waals surface area contributed by atoms with E-state index in [2.05, 4.69) is 94.1 Å². The Balaban J connectivity index is 1.53. The van der Waals surface area contributed by atoms with E-state index in [1.807, 2.05) is 12.1 Å². The number of hydrogen-bond acceptors (Lipinski definition) is 10. The number of benzene rings is 5. The fourth-order valence-electron chi connectivity index (χ4n) is 8.44. The molecule has 0 atom stereocenters. The van der Waals surface area contributed by atoms with Gasteiger partial charge < -0.3 is 18.6 Å². The van der Waals surface area contributed by atoms with Gasteiger partial charge in [0.1, 0.15) is 28.0 Å². The number of carbonyl (C=O) groups is 1. The van der Waals surface area contributed by atoms with Crippen LogP contribution >= 0.6 is 0 Å². The summed E-state index contributed by atoms with van der Waals surface area (Å²) in [7, 11) is -18.5. The highest BCUT2D eigenvalue weighted by atomic mass is 32.3. The van der Waals surface area contributed by atoms with Crippen LogP contribution in [0.2, 0.25) is 0 Å². The van der Waals surface area contributed by atoms with Crippen LogP contribution in [0, 0.1) is 5.41 Å². The van der Waals surface area contributed by atoms with Crippen molar-refractivity contribution in [3.05, 3.63) is 129 Å². The maximum atomic E-state index is 16.1. The van der Waals surface area contributed by atoms with Gasteiger partial charge in [0.2, 0.25) is 11.0 Å². The molecule has 4 aromatic rings. The lowest BCUT2D eigenvalue weighted by molar-refractivity contribution is -0.404. The number of nitrogens with zero attached hydrogens (tertiary/aromatic N) is 2. The van der Waals surface area contributed by atoms with Gasteiger partial charge in [0.05, 0.1) is 16.4 Å². The number of para-hydroxylation sites is 2. The number of sulfonamides is 3. The Morgan fingerprint density at radius 3 is 1.86 bits per heavy atom. The highest BCUT2D eigenvalue weighted by Gasteiger charge is 2.56. The van der Waals surface area contributed by atoms with E-state index >= 15 is 8.78 Å². The Bertz CT molecular complexity index is 3320. The SMILES string of the molecule is CCN(CCOC(=O)C(C)(C)CC)S(=O)(=O)C(F)(F)S(=O)(=O)[N-]S(=O)(=O)c1ccccc1-c1c2ccc(=[NH+]c3c(C(C)C)cccc3C(C)C)cc-2oc2cc(Nc3c(C(C)C)cccc3C(C)C)ccc12. The first-order valence-electron chi connectivity index (χ1n) is 24.1. The number of likely N-dealkylation sites (N-methyl/N-ethyl adjacent to an activating group) is 1. The summed E-state index contributed by atoms with van der Waals surface area (Å²) in [5.41, 5.74) is 6.68. The van der Waals surface area contributed by atoms with Crippen LogP contribution in [0.25, 0.3) is 37.5 Å². The zero-order chi connectivity index (χ0) is 53.3. The van der Waals surface area contributed by atoms with Gasteiger partial charge in [0, 0.05) is 69.8 Å². The van der Waals surface area contributed by atoms with Gasteiger partial charge in [-0.25, -0.2) is 30.2 Å². The van der Waals surface area contributed by atoms with Gasteiger partial charge in [0.15, 0.2) is 10.0 Å². The van der Waals surface area contributed by atoms with Crippen LogP contribution in [0.1, 0.15) is 135 Å². The summed E-state index contributed by atoms with van der Waals surface area (Å²) in [5, 5.41) is 4.63. The van der Waals surface area contributed by atoms with Gasteiger partial charge >= 0.3 is 10.6 Å². The highest BCUT2D eigenvalue weighted by molar-refractivity contribution is 8.18. The molecule has 72 heavy (non-hydrogen) atoms. The summed E-state index contributed by atoms with van der Waals surface area (Å²) in [6.07, 6.45) is 0.362. The number of alkyl halides is 2. The van der Waals surface area contributed by atoms with Crippen molar-refractivity contribution in [1.29, 1.82) is 0 Å². The summed E-state index contributed by atoms with van der Waals surface area (Å²) in [6, 6.07) is 28.1. The molecule has 13 nitrogen and oxygen atoms in total. The van der Waals surface area contributed by atoms with E-state index in [0.29, 0.717) is 28.4 Å². The molecule has 1 aliphatic heterocycles. The van der Waals surface area contributed by atoms with Crippen molar-refractivity contribution in [2.75, 3.05) is 25.0 Å². The third kappa shape index (κ3) is 11.2. The molecule has 388 valence electrons. The number of nitrogens with one attached hydrogen (secondary N) is 2. The molecule has 6 rings (SSSR count). The zero-order valence-electron chi connectivity index (χ0n) is 42.9. The van der Waals surface area contributed by atoms with E-state index in [1.165, 1.54) is 25.1 Å². The Morgan fingerprint density at radius 1 is 0.736 bits per heavy atom. The van der Waals surface area contributed by atoms with Crippen LogP contribution in [0.3, 0.4) is 0 Å². The second-order valence-corrected chi connectivity index (χ2v) is 25.4. The first kappa shape index (κ1) is 55.8. The monoisotopic (exact) mass is 1050 g/mol. The third-order valence-electron chi connectivity index (χ3n) is 12.9. The zero-order valence-corrected chi connectivity index (χ0v) is 45.4. The lowest BCUT2D eigenvalue weighted by atomic mass is 9.91. The summed E-state index contributed by atoms with van der Waals surface area (Å²) in [4.78, 5) is 15.3. The molecule has 0 radical (unpaired) electrons. The maximum absolute atomic E-state index is 16.1. The van der Waals surface area contributed by atoms with E-state index in [9.17, 15) is 30.0 Å². The lowest BCUT2D eigenvalue weighted by Crippen LogP contribution is -2.71. The summed E-state index contributed by atoms with van der Waals surface area (Å²) >= 11 is 0. The Kier molecular flexibility index (Phi) is 16.7. The van der Waals surface area contributed by atoms with Gasteiger partial charge in [-0.3, -0.25) is 4.79 Å². The Labute approximate surface area is 423 Å². The van der Waals surface area contributed by atoms with Gasteiger partial charge in [-0.15, -0.1) is 0 Å². The second-order valence-electron chi connectivity index (χ2n) is 19.7. The number of carbonyl (C=O) groups excluding carboxylic acids is 1. The predicted octanol–water partition coefficient (Wildman–Crippen LogP) is 11.3. The summed E-state index contributed by atoms with van der Waals surface area (Å²) in [6.45, 7) is 20.7. The van der Waals surface area contributed by atoms with Crippen LogP contribution in [0.15, 0.2) is 106 Å². The fraction of sp³-hybridized carbons (Fsp3) is 0.407. The smallest absolute Gasteiger partial charge is 0.443 e. The Hall–Kier alpha value is -5.53. The van der Waals surface area contributed by atoms with Crippen molar-refractivity contribution in [1.82, 2.24) is 4.31 Å². The van der Waals surface area contributed by atoms with Gasteiger partial charge in [-0.1, -0.05) is 124 Å². The molecule has 4 aromatic carbocycles. The molecule has 2 N–H and O–H groups in total. The highest BCUT2D eigenvalue weighted by Crippen LogP contribution is 2.46. The average Bonchev–Trinajstić information content (AvgIpc) is 3.31. The maximum Gasteiger partial charge on any atom is 0.443 e. The van der Waals surface area contributed by atoms with Crippen LogP contribution < -0.4 is 15.7 Å². The quantitative estimate of drug-likeness (QED) is 0.0551. The van der Waals surface area contributed by atoms with E-state index in [-0.39, 0.29) is 50.4 Å². The molecule has 1 aliphatic carbocycles. The first-order valence-corrected chi connectivity index (χ1v) is 28.4. The number of anilines is 2. The summed E-state index contributed by atoms with van der Waals surface area (Å²) < 4.78 is 124. The molecule has 0 fully saturated rings. The number of hydrogen-bond donors (Lipinski definition) is 2. The molecule has 0 bridgehead atoms. The molecule has 0 spiro atoms. The number of rotatable bonds is 20. The molecule has 0 saturated heterocycles. The van der Waals surface area contributed by atoms with Crippen LogP contribution in [0.5, 0.6) is 0 Å². The molecule has 0 amide bonds. The largest absolute Gasteiger partial charge is 0.464 e. The molecule has 2 aliphatic rings. The lowest BCUT2D eigenvalue weighted by Gasteiger charge is -2.31. The normalized spacial score (nSPS) is 13.4. The van der Waals surface area contributed by atoms with Crippen LogP contribution in [0.4, 0.5) is 25.8 Å². The minimum atomic E-state index is -6.71. The second kappa shape index (κ2) is 21.5. The Morgan fingerprint density at radius 2 is 1.31 bits per heavy atom. The van der Waals surface area contributed by atoms with Crippen molar-refractivity contribution >= 4 is 64.1 Å². The van der Waals surface area contributed by atoms with Crippen molar-refractivity contribution in [2.45, 2.75) is 123 Å². The van der Waals surface area contributed by atoms with Gasteiger partial charge in [-0.2, -0.15) is 13.1 Å². The number of ether oxygens (including phenoxy) is 1. The van der Waals surface area contributed by atoms with E-state index < -0.39 is 70.6 Å². The standard InChI is InChI=1S/C54H65F2N4O9S3/c1-13-53(11,12)52(61)68-30-29-60(14-2)72(66,67)54(55,56)71(64,65)59-70(62,63)48-24-16-15-19-45(48)49-43-27-25-37(57-50-39(33(3)4)20-17-21-40(50)34(5)6)31-46(43)69-47-32-38(26-28-44(47)49)58-51-41(35(7)8)22-18-23-42(51)36(9)10/h15-28,31-36H,13-14,29-30H2,1-12H3,(H,57,58)/q-1/p+1. The average molecular weight is 1050 g/mol. The number of fused-ring (bicyclic) bond motifs is 2. The number of halogens is 2. The first-order chi connectivity index (χ1) is 33.6. The molecular formula is C54H66F2N4O9S3. The van der Waals surface area contributed by atoms with E-state index in [4.69, 9.17) is 9.15 Å². The van der Waals surface area contributed by atoms with E-state index in [0.717, 1.165) is 39.7 Å².